The van der Waals surface area contributed by atoms with Crippen molar-refractivity contribution in [3.8, 4) is 0 Å². The molecule has 0 aliphatic carbocycles. The first-order chi connectivity index (χ1) is 8.77. The van der Waals surface area contributed by atoms with Crippen molar-refractivity contribution in [3.63, 3.8) is 0 Å². The normalized spacial score (nSPS) is 10.5. The van der Waals surface area contributed by atoms with E-state index in [0.29, 0.717) is 18.7 Å². The molecule has 0 saturated heterocycles. The number of nitrogens with zero attached hydrogens (tertiary/aromatic N) is 1. The first-order valence-electron chi connectivity index (χ1n) is 5.85. The quantitative estimate of drug-likeness (QED) is 0.788. The van der Waals surface area contributed by atoms with Crippen LogP contribution in [0.2, 0.25) is 0 Å². The topological polar surface area (TPSA) is 56.3 Å². The van der Waals surface area contributed by atoms with E-state index in [1.54, 1.807) is 17.0 Å². The fraction of sp³-hybridized carbons (Fsp3) is 0.214. The van der Waals surface area contributed by atoms with Crippen molar-refractivity contribution in [2.75, 3.05) is 19.7 Å². The number of rotatable bonds is 5. The Hall–Kier alpha value is -2.07. The highest BCUT2D eigenvalue weighted by atomic mass is 16.3. The number of aliphatic hydroxyl groups excluding tert-OH is 1. The zero-order chi connectivity index (χ0) is 13.0. The van der Waals surface area contributed by atoms with Crippen molar-refractivity contribution in [3.05, 3.63) is 48.7 Å². The molecule has 0 fully saturated rings. The number of hydrogen-bond donors (Lipinski definition) is 2. The van der Waals surface area contributed by atoms with Gasteiger partial charge in [0, 0.05) is 35.8 Å². The van der Waals surface area contributed by atoms with E-state index in [0.717, 1.165) is 10.9 Å². The predicted molar refractivity (Wildman–Crippen MR) is 71.5 cm³/mol. The Bertz CT molecular complexity index is 560. The summed E-state index contributed by atoms with van der Waals surface area (Å²) in [5.41, 5.74) is 1.58. The maximum absolute atomic E-state index is 12.4. The molecule has 94 valence electrons. The van der Waals surface area contributed by atoms with Gasteiger partial charge in [-0.25, -0.2) is 0 Å². The molecule has 2 aromatic rings. The van der Waals surface area contributed by atoms with E-state index in [-0.39, 0.29) is 12.5 Å². The van der Waals surface area contributed by atoms with Gasteiger partial charge in [-0.15, -0.1) is 6.58 Å². The highest BCUT2D eigenvalue weighted by Gasteiger charge is 2.16. The second-order valence-electron chi connectivity index (χ2n) is 4.01. The van der Waals surface area contributed by atoms with E-state index < -0.39 is 0 Å². The molecular formula is C14H16N2O2. The van der Waals surface area contributed by atoms with Gasteiger partial charge in [0.15, 0.2) is 0 Å². The minimum atomic E-state index is -0.0887. The molecule has 0 saturated carbocycles. The number of aromatic amines is 1. The molecule has 0 radical (unpaired) electrons. The molecular weight excluding hydrogens is 228 g/mol. The monoisotopic (exact) mass is 244 g/mol. The summed E-state index contributed by atoms with van der Waals surface area (Å²) in [5, 5.41) is 9.90. The van der Waals surface area contributed by atoms with Gasteiger partial charge in [-0.1, -0.05) is 12.1 Å². The van der Waals surface area contributed by atoms with Gasteiger partial charge in [0.05, 0.1) is 6.61 Å². The van der Waals surface area contributed by atoms with E-state index in [1.807, 2.05) is 24.4 Å². The summed E-state index contributed by atoms with van der Waals surface area (Å²) < 4.78 is 0. The zero-order valence-electron chi connectivity index (χ0n) is 10.1. The van der Waals surface area contributed by atoms with Crippen LogP contribution in [0.1, 0.15) is 10.4 Å². The van der Waals surface area contributed by atoms with E-state index in [2.05, 4.69) is 11.6 Å². The Kier molecular flexibility index (Phi) is 3.79. The van der Waals surface area contributed by atoms with Gasteiger partial charge in [0.25, 0.3) is 5.91 Å². The lowest BCUT2D eigenvalue weighted by Gasteiger charge is -2.20. The highest BCUT2D eigenvalue weighted by molar-refractivity contribution is 6.06. The van der Waals surface area contributed by atoms with Crippen LogP contribution in [0.25, 0.3) is 10.9 Å². The second kappa shape index (κ2) is 5.51. The third kappa shape index (κ3) is 2.28. The number of hydrogen-bond acceptors (Lipinski definition) is 2. The molecule has 1 aromatic carbocycles. The second-order valence-corrected chi connectivity index (χ2v) is 4.01. The molecule has 0 unspecified atom stereocenters. The van der Waals surface area contributed by atoms with Crippen LogP contribution >= 0.6 is 0 Å². The average Bonchev–Trinajstić information content (AvgIpc) is 2.85. The van der Waals surface area contributed by atoms with Gasteiger partial charge in [0.1, 0.15) is 0 Å². The molecule has 1 aromatic heterocycles. The van der Waals surface area contributed by atoms with E-state index in [9.17, 15) is 4.79 Å². The number of nitrogens with one attached hydrogen (secondary N) is 1. The van der Waals surface area contributed by atoms with Gasteiger partial charge < -0.3 is 15.0 Å². The Balaban J connectivity index is 2.36. The van der Waals surface area contributed by atoms with Gasteiger partial charge in [-0.2, -0.15) is 0 Å². The average molecular weight is 244 g/mol. The number of fused-ring (bicyclic) bond motifs is 1. The van der Waals surface area contributed by atoms with Crippen LogP contribution in [0.15, 0.2) is 43.1 Å². The van der Waals surface area contributed by atoms with Crippen LogP contribution in [-0.4, -0.2) is 40.6 Å². The predicted octanol–water partition coefficient (Wildman–Crippen LogP) is 1.79. The number of aromatic nitrogens is 1. The molecule has 18 heavy (non-hydrogen) atoms. The van der Waals surface area contributed by atoms with Crippen molar-refractivity contribution >= 4 is 16.8 Å². The first-order valence-corrected chi connectivity index (χ1v) is 5.85. The van der Waals surface area contributed by atoms with Crippen LogP contribution in [0.5, 0.6) is 0 Å². The minimum Gasteiger partial charge on any atom is -0.395 e. The molecule has 2 N–H and O–H groups in total. The van der Waals surface area contributed by atoms with E-state index in [1.165, 1.54) is 0 Å². The van der Waals surface area contributed by atoms with Gasteiger partial charge in [-0.3, -0.25) is 4.79 Å². The summed E-state index contributed by atoms with van der Waals surface area (Å²) >= 11 is 0. The molecule has 2 rings (SSSR count). The lowest BCUT2D eigenvalue weighted by Crippen LogP contribution is -2.33. The first kappa shape index (κ1) is 12.4. The van der Waals surface area contributed by atoms with Crippen molar-refractivity contribution in [2.24, 2.45) is 0 Å². The summed E-state index contributed by atoms with van der Waals surface area (Å²) in [6.45, 7) is 4.32. The van der Waals surface area contributed by atoms with Crippen molar-refractivity contribution < 1.29 is 9.90 Å². The van der Waals surface area contributed by atoms with Crippen molar-refractivity contribution in [1.29, 1.82) is 0 Å². The van der Waals surface area contributed by atoms with E-state index >= 15 is 0 Å². The van der Waals surface area contributed by atoms with Crippen LogP contribution in [0.3, 0.4) is 0 Å². The van der Waals surface area contributed by atoms with Crippen LogP contribution < -0.4 is 0 Å². The fourth-order valence-corrected chi connectivity index (χ4v) is 1.99. The number of H-pyrrole nitrogens is 1. The number of aliphatic hydroxyl groups is 1. The number of carbonyl (C=O) groups is 1. The maximum atomic E-state index is 12.4. The molecule has 0 bridgehead atoms. The Morgan fingerprint density at radius 2 is 2.28 bits per heavy atom. The largest absolute Gasteiger partial charge is 0.395 e. The Morgan fingerprint density at radius 1 is 1.44 bits per heavy atom. The zero-order valence-corrected chi connectivity index (χ0v) is 10.1. The van der Waals surface area contributed by atoms with Gasteiger partial charge >= 0.3 is 0 Å². The summed E-state index contributed by atoms with van der Waals surface area (Å²) in [7, 11) is 0. The lowest BCUT2D eigenvalue weighted by molar-refractivity contribution is 0.0745. The Morgan fingerprint density at radius 3 is 3.00 bits per heavy atom. The summed E-state index contributed by atoms with van der Waals surface area (Å²) in [6.07, 6.45) is 3.47. The van der Waals surface area contributed by atoms with Crippen LogP contribution in [0, 0.1) is 0 Å². The molecule has 0 spiro atoms. The van der Waals surface area contributed by atoms with Gasteiger partial charge in [0.2, 0.25) is 0 Å². The highest BCUT2D eigenvalue weighted by Crippen LogP contribution is 2.19. The van der Waals surface area contributed by atoms with Crippen LogP contribution in [0.4, 0.5) is 0 Å². The lowest BCUT2D eigenvalue weighted by atomic mass is 10.1. The SMILES string of the molecule is C=CCN(CCO)C(=O)c1cccc2[nH]ccc12. The summed E-state index contributed by atoms with van der Waals surface area (Å²) in [6, 6.07) is 7.45. The van der Waals surface area contributed by atoms with E-state index in [4.69, 9.17) is 5.11 Å². The summed E-state index contributed by atoms with van der Waals surface area (Å²) in [5.74, 6) is -0.0887. The molecule has 1 amide bonds. The molecule has 0 atom stereocenters. The Labute approximate surface area is 106 Å². The van der Waals surface area contributed by atoms with Crippen LogP contribution in [-0.2, 0) is 0 Å². The molecule has 4 heteroatoms. The number of carbonyl (C=O) groups excluding carboxylic acids is 1. The smallest absolute Gasteiger partial charge is 0.254 e. The maximum Gasteiger partial charge on any atom is 0.254 e. The third-order valence-corrected chi connectivity index (χ3v) is 2.83. The number of benzene rings is 1. The molecule has 4 nitrogen and oxygen atoms in total. The fourth-order valence-electron chi connectivity index (χ4n) is 1.99. The molecule has 0 aliphatic heterocycles. The van der Waals surface area contributed by atoms with Gasteiger partial charge in [-0.05, 0) is 18.2 Å². The molecule has 1 heterocycles. The molecule has 0 aliphatic rings. The summed E-state index contributed by atoms with van der Waals surface area (Å²) in [4.78, 5) is 17.0. The number of amides is 1. The standard InChI is InChI=1S/C14H16N2O2/c1-2-8-16(9-10-17)14(18)12-4-3-5-13-11(12)6-7-15-13/h2-7,15,17H,1,8-10H2. The minimum absolute atomic E-state index is 0.0529. The van der Waals surface area contributed by atoms with Crippen molar-refractivity contribution in [2.45, 2.75) is 0 Å². The third-order valence-electron chi connectivity index (χ3n) is 2.83. The van der Waals surface area contributed by atoms with Crippen molar-refractivity contribution in [1.82, 2.24) is 9.88 Å².